The molecule has 1 unspecified atom stereocenters. The van der Waals surface area contributed by atoms with Crippen molar-refractivity contribution in [2.45, 2.75) is 32.1 Å². The first-order chi connectivity index (χ1) is 7.67. The standard InChI is InChI=1S/C13H21NOS/c1-4-10(3)9-16-13-8-11(15-5-2)6-7-12(13)14/h6-8,10H,4-5,9,14H2,1-3H3. The van der Waals surface area contributed by atoms with Crippen molar-refractivity contribution < 1.29 is 4.74 Å². The third-order valence-corrected chi connectivity index (χ3v) is 3.92. The quantitative estimate of drug-likeness (QED) is 0.605. The number of nitrogen functional groups attached to an aromatic ring is 1. The van der Waals surface area contributed by atoms with Gasteiger partial charge in [0.1, 0.15) is 5.75 Å². The Morgan fingerprint density at radius 2 is 2.12 bits per heavy atom. The van der Waals surface area contributed by atoms with Crippen LogP contribution in [-0.4, -0.2) is 12.4 Å². The molecule has 0 heterocycles. The van der Waals surface area contributed by atoms with Crippen LogP contribution in [0.1, 0.15) is 27.2 Å². The van der Waals surface area contributed by atoms with Crippen LogP contribution in [-0.2, 0) is 0 Å². The third kappa shape index (κ3) is 3.97. The lowest BCUT2D eigenvalue weighted by Gasteiger charge is -2.11. The first kappa shape index (κ1) is 13.2. The Kier molecular flexibility index (Phi) is 5.53. The molecule has 0 fully saturated rings. The van der Waals surface area contributed by atoms with E-state index in [2.05, 4.69) is 13.8 Å². The van der Waals surface area contributed by atoms with Gasteiger partial charge in [-0.15, -0.1) is 11.8 Å². The average molecular weight is 239 g/mol. The maximum atomic E-state index is 5.94. The second-order valence-electron chi connectivity index (χ2n) is 3.96. The molecule has 0 saturated carbocycles. The Balaban J connectivity index is 2.66. The van der Waals surface area contributed by atoms with E-state index in [9.17, 15) is 0 Å². The van der Waals surface area contributed by atoms with Gasteiger partial charge < -0.3 is 10.5 Å². The molecule has 0 aliphatic carbocycles. The highest BCUT2D eigenvalue weighted by molar-refractivity contribution is 7.99. The number of hydrogen-bond donors (Lipinski definition) is 1. The summed E-state index contributed by atoms with van der Waals surface area (Å²) in [4.78, 5) is 1.13. The molecule has 0 radical (unpaired) electrons. The minimum Gasteiger partial charge on any atom is -0.494 e. The molecule has 16 heavy (non-hydrogen) atoms. The Morgan fingerprint density at radius 3 is 2.75 bits per heavy atom. The smallest absolute Gasteiger partial charge is 0.120 e. The molecule has 0 amide bonds. The van der Waals surface area contributed by atoms with Gasteiger partial charge in [0.25, 0.3) is 0 Å². The highest BCUT2D eigenvalue weighted by Crippen LogP contribution is 2.30. The van der Waals surface area contributed by atoms with Crippen molar-refractivity contribution in [3.63, 3.8) is 0 Å². The van der Waals surface area contributed by atoms with Crippen LogP contribution in [0.2, 0.25) is 0 Å². The zero-order chi connectivity index (χ0) is 12.0. The van der Waals surface area contributed by atoms with Gasteiger partial charge in [-0.05, 0) is 31.0 Å². The van der Waals surface area contributed by atoms with E-state index in [1.54, 1.807) is 0 Å². The molecule has 2 N–H and O–H groups in total. The van der Waals surface area contributed by atoms with Crippen molar-refractivity contribution in [2.24, 2.45) is 5.92 Å². The number of benzene rings is 1. The summed E-state index contributed by atoms with van der Waals surface area (Å²) in [5.74, 6) is 2.74. The van der Waals surface area contributed by atoms with Gasteiger partial charge in [-0.3, -0.25) is 0 Å². The van der Waals surface area contributed by atoms with E-state index in [4.69, 9.17) is 10.5 Å². The number of rotatable bonds is 6. The summed E-state index contributed by atoms with van der Waals surface area (Å²) in [5, 5.41) is 0. The van der Waals surface area contributed by atoms with E-state index in [0.29, 0.717) is 6.61 Å². The predicted octanol–water partition coefficient (Wildman–Crippen LogP) is 3.81. The van der Waals surface area contributed by atoms with Crippen LogP contribution in [0.4, 0.5) is 5.69 Å². The van der Waals surface area contributed by atoms with Crippen molar-refractivity contribution in [1.29, 1.82) is 0 Å². The van der Waals surface area contributed by atoms with E-state index in [1.165, 1.54) is 6.42 Å². The molecule has 0 aliphatic heterocycles. The average Bonchev–Trinajstić information content (AvgIpc) is 2.29. The van der Waals surface area contributed by atoms with Crippen LogP contribution < -0.4 is 10.5 Å². The summed E-state index contributed by atoms with van der Waals surface area (Å²) < 4.78 is 5.47. The number of nitrogens with two attached hydrogens (primary N) is 1. The maximum Gasteiger partial charge on any atom is 0.120 e. The molecule has 1 aromatic rings. The molecule has 90 valence electrons. The van der Waals surface area contributed by atoms with Crippen LogP contribution in [0.15, 0.2) is 23.1 Å². The van der Waals surface area contributed by atoms with Crippen molar-refractivity contribution in [3.05, 3.63) is 18.2 Å². The molecule has 0 bridgehead atoms. The van der Waals surface area contributed by atoms with Crippen LogP contribution in [0.3, 0.4) is 0 Å². The molecule has 1 rings (SSSR count). The molecule has 0 aromatic heterocycles. The Bertz CT molecular complexity index is 328. The Hall–Kier alpha value is -0.830. The fraction of sp³-hybridized carbons (Fsp3) is 0.538. The highest BCUT2D eigenvalue weighted by Gasteiger charge is 2.05. The van der Waals surface area contributed by atoms with E-state index in [-0.39, 0.29) is 0 Å². The minimum atomic E-state index is 0.694. The fourth-order valence-corrected chi connectivity index (χ4v) is 2.38. The van der Waals surface area contributed by atoms with Crippen molar-refractivity contribution >= 4 is 17.4 Å². The van der Waals surface area contributed by atoms with Gasteiger partial charge in [0.2, 0.25) is 0 Å². The number of ether oxygens (including phenoxy) is 1. The lowest BCUT2D eigenvalue weighted by Crippen LogP contribution is -1.98. The Morgan fingerprint density at radius 1 is 1.38 bits per heavy atom. The van der Waals surface area contributed by atoms with Gasteiger partial charge in [-0.2, -0.15) is 0 Å². The van der Waals surface area contributed by atoms with Gasteiger partial charge in [-0.1, -0.05) is 20.3 Å². The summed E-state index contributed by atoms with van der Waals surface area (Å²) in [6, 6.07) is 5.88. The van der Waals surface area contributed by atoms with Crippen LogP contribution in [0, 0.1) is 5.92 Å². The second-order valence-corrected chi connectivity index (χ2v) is 5.02. The summed E-state index contributed by atoms with van der Waals surface area (Å²) in [5.41, 5.74) is 6.78. The highest BCUT2D eigenvalue weighted by atomic mass is 32.2. The number of thioether (sulfide) groups is 1. The monoisotopic (exact) mass is 239 g/mol. The van der Waals surface area contributed by atoms with Gasteiger partial charge >= 0.3 is 0 Å². The van der Waals surface area contributed by atoms with Crippen LogP contribution in [0.5, 0.6) is 5.75 Å². The lowest BCUT2D eigenvalue weighted by atomic mass is 10.2. The zero-order valence-corrected chi connectivity index (χ0v) is 11.1. The number of hydrogen-bond acceptors (Lipinski definition) is 3. The van der Waals surface area contributed by atoms with Crippen LogP contribution in [0.25, 0.3) is 0 Å². The molecule has 0 aliphatic rings. The summed E-state index contributed by atoms with van der Waals surface area (Å²) >= 11 is 1.81. The van der Waals surface area contributed by atoms with Gasteiger partial charge in [0, 0.05) is 16.3 Å². The normalized spacial score (nSPS) is 12.4. The summed E-state index contributed by atoms with van der Waals surface area (Å²) in [6.45, 7) is 7.16. The summed E-state index contributed by atoms with van der Waals surface area (Å²) in [6.07, 6.45) is 1.21. The van der Waals surface area contributed by atoms with E-state index in [1.807, 2.05) is 36.9 Å². The predicted molar refractivity (Wildman–Crippen MR) is 72.2 cm³/mol. The topological polar surface area (TPSA) is 35.2 Å². The van der Waals surface area contributed by atoms with Crippen molar-refractivity contribution in [2.75, 3.05) is 18.1 Å². The lowest BCUT2D eigenvalue weighted by molar-refractivity contribution is 0.339. The molecular weight excluding hydrogens is 218 g/mol. The first-order valence-corrected chi connectivity index (χ1v) is 6.81. The maximum absolute atomic E-state index is 5.94. The SMILES string of the molecule is CCOc1ccc(N)c(SCC(C)CC)c1. The first-order valence-electron chi connectivity index (χ1n) is 5.82. The largest absolute Gasteiger partial charge is 0.494 e. The molecular formula is C13H21NOS. The van der Waals surface area contributed by atoms with Gasteiger partial charge in [-0.25, -0.2) is 0 Å². The number of anilines is 1. The van der Waals surface area contributed by atoms with E-state index in [0.717, 1.165) is 28.0 Å². The molecule has 0 saturated heterocycles. The summed E-state index contributed by atoms with van der Waals surface area (Å²) in [7, 11) is 0. The minimum absolute atomic E-state index is 0.694. The molecule has 3 heteroatoms. The molecule has 0 spiro atoms. The fourth-order valence-electron chi connectivity index (χ4n) is 1.25. The van der Waals surface area contributed by atoms with Crippen LogP contribution >= 0.6 is 11.8 Å². The third-order valence-electron chi connectivity index (χ3n) is 2.52. The van der Waals surface area contributed by atoms with E-state index >= 15 is 0 Å². The molecule has 1 aromatic carbocycles. The van der Waals surface area contributed by atoms with Gasteiger partial charge in [0.15, 0.2) is 0 Å². The zero-order valence-electron chi connectivity index (χ0n) is 10.3. The van der Waals surface area contributed by atoms with Crippen molar-refractivity contribution in [3.8, 4) is 5.75 Å². The molecule has 2 nitrogen and oxygen atoms in total. The van der Waals surface area contributed by atoms with Gasteiger partial charge in [0.05, 0.1) is 6.61 Å². The van der Waals surface area contributed by atoms with Crippen molar-refractivity contribution in [1.82, 2.24) is 0 Å². The molecule has 1 atom stereocenters. The Labute approximate surface area is 103 Å². The second kappa shape index (κ2) is 6.69. The van der Waals surface area contributed by atoms with E-state index < -0.39 is 0 Å².